The van der Waals surface area contributed by atoms with Gasteiger partial charge in [0, 0.05) is 26.1 Å². The molecule has 0 saturated carbocycles. The second-order valence-electron chi connectivity index (χ2n) is 8.65. The first-order chi connectivity index (χ1) is 11.0. The quantitative estimate of drug-likeness (QED) is 0.706. The lowest BCUT2D eigenvalue weighted by Gasteiger charge is -2.34. The highest BCUT2D eigenvalue weighted by atomic mass is 16.2. The topological polar surface area (TPSA) is 23.6 Å². The second kappa shape index (κ2) is 9.05. The second-order valence-corrected chi connectivity index (χ2v) is 8.65. The number of amides is 1. The first-order valence-electron chi connectivity index (χ1n) is 9.95. The van der Waals surface area contributed by atoms with Gasteiger partial charge in [0.25, 0.3) is 0 Å². The molecular weight excluding hydrogens is 284 g/mol. The summed E-state index contributed by atoms with van der Waals surface area (Å²) in [7, 11) is 0. The maximum absolute atomic E-state index is 12.4. The number of hydrogen-bond acceptors (Lipinski definition) is 2. The molecular formula is C20H38N2O. The van der Waals surface area contributed by atoms with Crippen LogP contribution in [-0.2, 0) is 4.79 Å². The van der Waals surface area contributed by atoms with Crippen LogP contribution in [0.3, 0.4) is 0 Å². The van der Waals surface area contributed by atoms with Crippen molar-refractivity contribution in [1.29, 1.82) is 0 Å². The van der Waals surface area contributed by atoms with Crippen LogP contribution in [0, 0.1) is 23.7 Å². The average Bonchev–Trinajstić information content (AvgIpc) is 2.93. The van der Waals surface area contributed by atoms with Gasteiger partial charge in [0.1, 0.15) is 0 Å². The van der Waals surface area contributed by atoms with E-state index in [4.69, 9.17) is 0 Å². The zero-order chi connectivity index (χ0) is 16.8. The molecule has 1 atom stereocenters. The number of nitrogens with zero attached hydrogens (tertiary/aromatic N) is 2. The van der Waals surface area contributed by atoms with Crippen molar-refractivity contribution in [3.05, 3.63) is 0 Å². The third kappa shape index (κ3) is 6.10. The molecule has 3 nitrogen and oxygen atoms in total. The summed E-state index contributed by atoms with van der Waals surface area (Å²) >= 11 is 0. The largest absolute Gasteiger partial charge is 0.343 e. The molecule has 0 radical (unpaired) electrons. The Bertz CT molecular complexity index is 359. The summed E-state index contributed by atoms with van der Waals surface area (Å²) in [4.78, 5) is 17.1. The van der Waals surface area contributed by atoms with Crippen molar-refractivity contribution in [1.82, 2.24) is 9.80 Å². The van der Waals surface area contributed by atoms with E-state index in [0.717, 1.165) is 56.1 Å². The van der Waals surface area contributed by atoms with Gasteiger partial charge in [0.05, 0.1) is 0 Å². The van der Waals surface area contributed by atoms with Crippen molar-refractivity contribution in [2.24, 2.45) is 23.7 Å². The van der Waals surface area contributed by atoms with Crippen LogP contribution in [-0.4, -0.2) is 48.4 Å². The minimum absolute atomic E-state index is 0.394. The molecule has 2 aliphatic rings. The fourth-order valence-corrected chi connectivity index (χ4v) is 4.40. The molecule has 0 aromatic rings. The normalized spacial score (nSPS) is 24.1. The molecule has 2 aliphatic heterocycles. The number of carbonyl (C=O) groups is 1. The maximum Gasteiger partial charge on any atom is 0.222 e. The molecule has 2 saturated heterocycles. The van der Waals surface area contributed by atoms with Gasteiger partial charge in [-0.3, -0.25) is 4.79 Å². The van der Waals surface area contributed by atoms with Crippen molar-refractivity contribution >= 4 is 5.91 Å². The van der Waals surface area contributed by atoms with Gasteiger partial charge in [0.2, 0.25) is 5.91 Å². The van der Waals surface area contributed by atoms with Crippen LogP contribution in [0.5, 0.6) is 0 Å². The van der Waals surface area contributed by atoms with Gasteiger partial charge in [0.15, 0.2) is 0 Å². The Morgan fingerprint density at radius 3 is 2.35 bits per heavy atom. The molecule has 1 amide bonds. The third-order valence-electron chi connectivity index (χ3n) is 5.87. The standard InChI is InChI=1S/C20H38N2O/c1-16(2)14-18-7-11-21(15-18)10-5-6-20(23)22-12-8-19(9-13-22)17(3)4/h16-19H,5-15H2,1-4H3. The Balaban J connectivity index is 1.59. The van der Waals surface area contributed by atoms with Crippen LogP contribution in [0.4, 0.5) is 0 Å². The maximum atomic E-state index is 12.4. The minimum Gasteiger partial charge on any atom is -0.343 e. The fraction of sp³-hybridized carbons (Fsp3) is 0.950. The van der Waals surface area contributed by atoms with Crippen molar-refractivity contribution in [2.75, 3.05) is 32.7 Å². The summed E-state index contributed by atoms with van der Waals surface area (Å²) in [5.74, 6) is 3.68. The van der Waals surface area contributed by atoms with E-state index < -0.39 is 0 Å². The molecule has 2 rings (SSSR count). The SMILES string of the molecule is CC(C)CC1CCN(CCCC(=O)N2CCC(C(C)C)CC2)C1. The molecule has 2 heterocycles. The van der Waals surface area contributed by atoms with Crippen molar-refractivity contribution < 1.29 is 4.79 Å². The zero-order valence-electron chi connectivity index (χ0n) is 15.9. The summed E-state index contributed by atoms with van der Waals surface area (Å²) in [5.41, 5.74) is 0. The van der Waals surface area contributed by atoms with E-state index >= 15 is 0 Å². The third-order valence-corrected chi connectivity index (χ3v) is 5.87. The molecule has 2 fully saturated rings. The zero-order valence-corrected chi connectivity index (χ0v) is 15.9. The number of carbonyl (C=O) groups excluding carboxylic acids is 1. The van der Waals surface area contributed by atoms with E-state index in [-0.39, 0.29) is 0 Å². The average molecular weight is 323 g/mol. The van der Waals surface area contributed by atoms with Crippen LogP contribution in [0.25, 0.3) is 0 Å². The van der Waals surface area contributed by atoms with E-state index in [1.165, 1.54) is 38.8 Å². The lowest BCUT2D eigenvalue weighted by atomic mass is 9.86. The molecule has 0 aliphatic carbocycles. The van der Waals surface area contributed by atoms with Crippen LogP contribution in [0.15, 0.2) is 0 Å². The lowest BCUT2D eigenvalue weighted by Crippen LogP contribution is -2.39. The molecule has 0 aromatic heterocycles. The Hall–Kier alpha value is -0.570. The highest BCUT2D eigenvalue weighted by Gasteiger charge is 2.25. The van der Waals surface area contributed by atoms with Gasteiger partial charge in [-0.2, -0.15) is 0 Å². The molecule has 23 heavy (non-hydrogen) atoms. The molecule has 0 N–H and O–H groups in total. The van der Waals surface area contributed by atoms with Gasteiger partial charge in [-0.25, -0.2) is 0 Å². The van der Waals surface area contributed by atoms with Gasteiger partial charge >= 0.3 is 0 Å². The predicted octanol–water partition coefficient (Wildman–Crippen LogP) is 4.03. The lowest BCUT2D eigenvalue weighted by molar-refractivity contribution is -0.132. The van der Waals surface area contributed by atoms with Gasteiger partial charge < -0.3 is 9.80 Å². The molecule has 134 valence electrons. The Morgan fingerprint density at radius 1 is 1.04 bits per heavy atom. The highest BCUT2D eigenvalue weighted by molar-refractivity contribution is 5.76. The first kappa shape index (κ1) is 18.8. The van der Waals surface area contributed by atoms with Gasteiger partial charge in [-0.15, -0.1) is 0 Å². The van der Waals surface area contributed by atoms with Crippen LogP contribution >= 0.6 is 0 Å². The van der Waals surface area contributed by atoms with Crippen LogP contribution in [0.2, 0.25) is 0 Å². The number of piperidine rings is 1. The fourth-order valence-electron chi connectivity index (χ4n) is 4.40. The number of hydrogen-bond donors (Lipinski definition) is 0. The van der Waals surface area contributed by atoms with Crippen molar-refractivity contribution in [3.63, 3.8) is 0 Å². The monoisotopic (exact) mass is 322 g/mol. The molecule has 1 unspecified atom stereocenters. The smallest absolute Gasteiger partial charge is 0.222 e. The highest BCUT2D eigenvalue weighted by Crippen LogP contribution is 2.25. The van der Waals surface area contributed by atoms with Crippen LogP contribution in [0.1, 0.15) is 66.2 Å². The van der Waals surface area contributed by atoms with E-state index in [0.29, 0.717) is 5.91 Å². The summed E-state index contributed by atoms with van der Waals surface area (Å²) in [5, 5.41) is 0. The Labute approximate surface area is 143 Å². The Morgan fingerprint density at radius 2 is 1.74 bits per heavy atom. The first-order valence-corrected chi connectivity index (χ1v) is 9.95. The number of rotatable bonds is 7. The minimum atomic E-state index is 0.394. The number of likely N-dealkylation sites (tertiary alicyclic amines) is 2. The summed E-state index contributed by atoms with van der Waals surface area (Å²) in [6.07, 6.45) is 6.91. The molecule has 0 bridgehead atoms. The predicted molar refractivity (Wildman–Crippen MR) is 97.4 cm³/mol. The summed E-state index contributed by atoms with van der Waals surface area (Å²) in [6.45, 7) is 14.9. The molecule has 0 spiro atoms. The van der Waals surface area contributed by atoms with E-state index in [2.05, 4.69) is 37.5 Å². The van der Waals surface area contributed by atoms with Crippen molar-refractivity contribution in [3.8, 4) is 0 Å². The molecule has 3 heteroatoms. The van der Waals surface area contributed by atoms with Crippen molar-refractivity contribution in [2.45, 2.75) is 66.2 Å². The van der Waals surface area contributed by atoms with Gasteiger partial charge in [-0.1, -0.05) is 27.7 Å². The molecule has 0 aromatic carbocycles. The Kier molecular flexibility index (Phi) is 7.39. The van der Waals surface area contributed by atoms with E-state index in [9.17, 15) is 4.79 Å². The summed E-state index contributed by atoms with van der Waals surface area (Å²) in [6, 6.07) is 0. The summed E-state index contributed by atoms with van der Waals surface area (Å²) < 4.78 is 0. The van der Waals surface area contributed by atoms with E-state index in [1.807, 2.05) is 0 Å². The van der Waals surface area contributed by atoms with E-state index in [1.54, 1.807) is 0 Å². The van der Waals surface area contributed by atoms with Crippen LogP contribution < -0.4 is 0 Å². The van der Waals surface area contributed by atoms with Gasteiger partial charge in [-0.05, 0) is 68.9 Å².